The first-order valence-electron chi connectivity index (χ1n) is 6.79. The molecule has 0 N–H and O–H groups in total. The highest BCUT2D eigenvalue weighted by atomic mass is 16.5. The molecule has 1 aliphatic rings. The van der Waals surface area contributed by atoms with Gasteiger partial charge in [0.15, 0.2) is 0 Å². The molecule has 0 unspecified atom stereocenters. The van der Waals surface area contributed by atoms with Gasteiger partial charge in [0.05, 0.1) is 32.5 Å². The van der Waals surface area contributed by atoms with Crippen LogP contribution in [-0.4, -0.2) is 31.9 Å². The molecule has 0 saturated carbocycles. The van der Waals surface area contributed by atoms with Crippen molar-refractivity contribution in [2.75, 3.05) is 14.2 Å². The number of methoxy groups -OCH3 is 2. The lowest BCUT2D eigenvalue weighted by Crippen LogP contribution is -2.44. The number of hydrogen-bond donors (Lipinski definition) is 0. The number of ketones is 1. The van der Waals surface area contributed by atoms with Crippen LogP contribution in [0.3, 0.4) is 0 Å². The van der Waals surface area contributed by atoms with E-state index in [0.717, 1.165) is 11.1 Å². The third-order valence-corrected chi connectivity index (χ3v) is 4.04. The number of fused-ring (bicyclic) bond motifs is 1. The van der Waals surface area contributed by atoms with Gasteiger partial charge in [0.1, 0.15) is 5.78 Å². The predicted octanol–water partition coefficient (Wildman–Crippen LogP) is 1.57. The highest BCUT2D eigenvalue weighted by molar-refractivity contribution is 5.98. The zero-order chi connectivity index (χ0) is 15.5. The maximum atomic E-state index is 12.6. The molecule has 0 amide bonds. The zero-order valence-corrected chi connectivity index (χ0v) is 12.2. The number of Topliss-reactive ketones (excluding diaryl/α,β-unsaturated/α-hetero) is 1. The van der Waals surface area contributed by atoms with Crippen molar-refractivity contribution in [1.82, 2.24) is 0 Å². The average molecular weight is 290 g/mol. The number of rotatable bonds is 4. The van der Waals surface area contributed by atoms with Gasteiger partial charge in [0, 0.05) is 6.42 Å². The van der Waals surface area contributed by atoms with E-state index in [9.17, 15) is 14.4 Å². The first kappa shape index (κ1) is 15.2. The van der Waals surface area contributed by atoms with Crippen LogP contribution >= 0.6 is 0 Å². The quantitative estimate of drug-likeness (QED) is 0.787. The van der Waals surface area contributed by atoms with Crippen molar-refractivity contribution >= 4 is 17.7 Å². The normalized spacial score (nSPS) is 16.0. The molecule has 0 aromatic heterocycles. The SMILES string of the molecule is COC(=O)CC1(CC(=O)OC)C(=O)CCc2ccccc21. The van der Waals surface area contributed by atoms with Crippen LogP contribution in [-0.2, 0) is 35.7 Å². The first-order chi connectivity index (χ1) is 10.0. The summed E-state index contributed by atoms with van der Waals surface area (Å²) in [5.74, 6) is -1.13. The summed E-state index contributed by atoms with van der Waals surface area (Å²) >= 11 is 0. The fourth-order valence-corrected chi connectivity index (χ4v) is 2.93. The molecular weight excluding hydrogens is 272 g/mol. The van der Waals surface area contributed by atoms with E-state index in [0.29, 0.717) is 12.8 Å². The lowest BCUT2D eigenvalue weighted by molar-refractivity contribution is -0.149. The van der Waals surface area contributed by atoms with Crippen molar-refractivity contribution < 1.29 is 23.9 Å². The minimum atomic E-state index is -1.17. The summed E-state index contributed by atoms with van der Waals surface area (Å²) in [6.45, 7) is 0. The van der Waals surface area contributed by atoms with Crippen molar-refractivity contribution in [3.63, 3.8) is 0 Å². The summed E-state index contributed by atoms with van der Waals surface area (Å²) in [5, 5.41) is 0. The number of aryl methyl sites for hydroxylation is 1. The van der Waals surface area contributed by atoms with Gasteiger partial charge >= 0.3 is 11.9 Å². The predicted molar refractivity (Wildman–Crippen MR) is 74.7 cm³/mol. The fourth-order valence-electron chi connectivity index (χ4n) is 2.93. The van der Waals surface area contributed by atoms with E-state index in [1.807, 2.05) is 12.1 Å². The third-order valence-electron chi connectivity index (χ3n) is 4.04. The molecule has 0 heterocycles. The summed E-state index contributed by atoms with van der Waals surface area (Å²) < 4.78 is 9.43. The van der Waals surface area contributed by atoms with Crippen LogP contribution in [0.2, 0.25) is 0 Å². The Hall–Kier alpha value is -2.17. The highest BCUT2D eigenvalue weighted by Crippen LogP contribution is 2.40. The molecule has 0 fully saturated rings. The van der Waals surface area contributed by atoms with Gasteiger partial charge in [-0.15, -0.1) is 0 Å². The Morgan fingerprint density at radius 3 is 2.19 bits per heavy atom. The standard InChI is InChI=1S/C16H18O5/c1-20-14(18)9-16(10-15(19)21-2)12-6-4-3-5-11(12)7-8-13(16)17/h3-6H,7-10H2,1-2H3. The maximum absolute atomic E-state index is 12.6. The highest BCUT2D eigenvalue weighted by Gasteiger charge is 2.47. The molecule has 21 heavy (non-hydrogen) atoms. The van der Waals surface area contributed by atoms with E-state index in [2.05, 4.69) is 0 Å². The van der Waals surface area contributed by atoms with Gasteiger partial charge < -0.3 is 9.47 Å². The van der Waals surface area contributed by atoms with Crippen LogP contribution in [0.25, 0.3) is 0 Å². The van der Waals surface area contributed by atoms with Gasteiger partial charge in [-0.2, -0.15) is 0 Å². The molecule has 0 bridgehead atoms. The topological polar surface area (TPSA) is 69.7 Å². The van der Waals surface area contributed by atoms with Gasteiger partial charge in [0.25, 0.3) is 0 Å². The number of carbonyl (C=O) groups excluding carboxylic acids is 3. The molecular formula is C16H18O5. The summed E-state index contributed by atoms with van der Waals surface area (Å²) in [7, 11) is 2.54. The molecule has 5 heteroatoms. The molecule has 1 aliphatic carbocycles. The molecule has 1 aromatic rings. The Bertz CT molecular complexity index is 558. The Morgan fingerprint density at radius 1 is 1.05 bits per heavy atom. The largest absolute Gasteiger partial charge is 0.469 e. The summed E-state index contributed by atoms with van der Waals surface area (Å²) in [6.07, 6.45) is 0.646. The molecule has 0 atom stereocenters. The van der Waals surface area contributed by atoms with Crippen molar-refractivity contribution in [3.05, 3.63) is 35.4 Å². The summed E-state index contributed by atoms with van der Waals surface area (Å²) in [4.78, 5) is 36.1. The third kappa shape index (κ3) is 2.82. The molecule has 0 spiro atoms. The van der Waals surface area contributed by atoms with Crippen LogP contribution in [0.15, 0.2) is 24.3 Å². The minimum Gasteiger partial charge on any atom is -0.469 e. The van der Waals surface area contributed by atoms with Gasteiger partial charge in [0.2, 0.25) is 0 Å². The molecule has 2 rings (SSSR count). The first-order valence-corrected chi connectivity index (χ1v) is 6.79. The van der Waals surface area contributed by atoms with Crippen LogP contribution in [0.5, 0.6) is 0 Å². The molecule has 0 aliphatic heterocycles. The minimum absolute atomic E-state index is 0.114. The van der Waals surface area contributed by atoms with Gasteiger partial charge in [-0.3, -0.25) is 14.4 Å². The van der Waals surface area contributed by atoms with Crippen molar-refractivity contribution in [1.29, 1.82) is 0 Å². The smallest absolute Gasteiger partial charge is 0.306 e. The molecule has 1 aromatic carbocycles. The van der Waals surface area contributed by atoms with Gasteiger partial charge in [-0.1, -0.05) is 24.3 Å². The molecule has 0 radical (unpaired) electrons. The Balaban J connectivity index is 2.53. The lowest BCUT2D eigenvalue weighted by atomic mass is 9.65. The maximum Gasteiger partial charge on any atom is 0.306 e. The van der Waals surface area contributed by atoms with E-state index >= 15 is 0 Å². The van der Waals surface area contributed by atoms with Crippen LogP contribution in [0.1, 0.15) is 30.4 Å². The van der Waals surface area contributed by atoms with E-state index in [1.165, 1.54) is 14.2 Å². The Kier molecular flexibility index (Phi) is 4.40. The second-order valence-corrected chi connectivity index (χ2v) is 5.17. The van der Waals surface area contributed by atoms with E-state index in [-0.39, 0.29) is 18.6 Å². The second kappa shape index (κ2) is 6.08. The second-order valence-electron chi connectivity index (χ2n) is 5.17. The zero-order valence-electron chi connectivity index (χ0n) is 12.2. The average Bonchev–Trinajstić information content (AvgIpc) is 2.51. The monoisotopic (exact) mass is 290 g/mol. The Labute approximate surface area is 123 Å². The van der Waals surface area contributed by atoms with Crippen LogP contribution < -0.4 is 0 Å². The van der Waals surface area contributed by atoms with Crippen molar-refractivity contribution in [2.45, 2.75) is 31.1 Å². The fraction of sp³-hybridized carbons (Fsp3) is 0.438. The van der Waals surface area contributed by atoms with Gasteiger partial charge in [-0.25, -0.2) is 0 Å². The molecule has 0 saturated heterocycles. The number of esters is 2. The Morgan fingerprint density at radius 2 is 1.62 bits per heavy atom. The van der Waals surface area contributed by atoms with Crippen LogP contribution in [0.4, 0.5) is 0 Å². The number of hydrogen-bond acceptors (Lipinski definition) is 5. The number of benzene rings is 1. The molecule has 5 nitrogen and oxygen atoms in total. The summed E-state index contributed by atoms with van der Waals surface area (Å²) in [6, 6.07) is 7.42. The summed E-state index contributed by atoms with van der Waals surface area (Å²) in [5.41, 5.74) is 0.552. The number of carbonyl (C=O) groups is 3. The molecule has 112 valence electrons. The lowest BCUT2D eigenvalue weighted by Gasteiger charge is -2.36. The van der Waals surface area contributed by atoms with E-state index < -0.39 is 17.4 Å². The number of ether oxygens (including phenoxy) is 2. The van der Waals surface area contributed by atoms with Crippen molar-refractivity contribution in [2.24, 2.45) is 0 Å². The van der Waals surface area contributed by atoms with E-state index in [4.69, 9.17) is 9.47 Å². The van der Waals surface area contributed by atoms with Crippen LogP contribution in [0, 0.1) is 0 Å². The van der Waals surface area contributed by atoms with Gasteiger partial charge in [-0.05, 0) is 17.5 Å². The van der Waals surface area contributed by atoms with Crippen molar-refractivity contribution in [3.8, 4) is 0 Å². The van der Waals surface area contributed by atoms with E-state index in [1.54, 1.807) is 12.1 Å².